The Morgan fingerprint density at radius 3 is 1.38 bits per heavy atom. The summed E-state index contributed by atoms with van der Waals surface area (Å²) in [5, 5.41) is 22.0. The van der Waals surface area contributed by atoms with Crippen LogP contribution < -0.4 is 15.1 Å². The van der Waals surface area contributed by atoms with Crippen molar-refractivity contribution in [1.29, 1.82) is 0 Å². The first kappa shape index (κ1) is 62.2. The standard InChI is InChI=1S/C67H84O11S2Si/c1-71-31-33-75-28-5-26-67(27-6-29-76-34-32-72-2)62-45-53(52-13-19-57(20-14-52)78-36-35-77-30-25-66(69)70)15-21-58(62)59-22-16-54(46-63(59)67)56-18-24-61-60-23-17-55(51-11-9-50(49-68)10-12-51)47-64(60)81(65(61)48-56,43-7-39-79-41-37-73-3)44-8-40-80-42-38-74-4/h9-24,45-48,68H,5-8,25-44,49H2,1-4H3,(H,69,70). The summed E-state index contributed by atoms with van der Waals surface area (Å²) in [6.45, 7) is 5.87. The van der Waals surface area contributed by atoms with Crippen molar-refractivity contribution in [2.75, 3.05) is 124 Å². The SMILES string of the molecule is COCCOCCCC1(CCCOCCOC)c2cc(-c3ccc(OCCOCCC(=O)O)cc3)ccc2-c2ccc(-c3ccc4c(c3)[Si](CCCSCCOC)(CCCSCCOC)c3cc(-c5ccc(CO)cc5)ccc3-4)cc21. The topological polar surface area (TPSA) is 131 Å². The number of benzene rings is 6. The quantitative estimate of drug-likeness (QED) is 0.0281. The van der Waals surface area contributed by atoms with Crippen LogP contribution in [-0.4, -0.2) is 148 Å². The van der Waals surface area contributed by atoms with Gasteiger partial charge in [-0.1, -0.05) is 97.1 Å². The van der Waals surface area contributed by atoms with E-state index in [2.05, 4.69) is 97.1 Å². The largest absolute Gasteiger partial charge is 0.491 e. The Hall–Kier alpha value is -4.81. The fourth-order valence-electron chi connectivity index (χ4n) is 11.9. The molecule has 6 aromatic carbocycles. The third-order valence-electron chi connectivity index (χ3n) is 16.0. The average Bonchev–Trinajstić information content (AvgIpc) is 2.53. The van der Waals surface area contributed by atoms with Gasteiger partial charge in [-0.15, -0.1) is 0 Å². The molecule has 2 N–H and O–H groups in total. The highest BCUT2D eigenvalue weighted by Gasteiger charge is 2.46. The third-order valence-corrected chi connectivity index (χ3v) is 23.3. The number of rotatable bonds is 39. The van der Waals surface area contributed by atoms with Gasteiger partial charge in [0.15, 0.2) is 0 Å². The van der Waals surface area contributed by atoms with Crippen LogP contribution >= 0.6 is 23.5 Å². The fourth-order valence-corrected chi connectivity index (χ4v) is 19.6. The molecule has 0 spiro atoms. The van der Waals surface area contributed by atoms with Crippen LogP contribution in [0.25, 0.3) is 55.6 Å². The predicted octanol–water partition coefficient (Wildman–Crippen LogP) is 12.3. The number of ether oxygens (including phenoxy) is 8. The van der Waals surface area contributed by atoms with Gasteiger partial charge in [0.1, 0.15) is 20.4 Å². The number of thioether (sulfide) groups is 2. The van der Waals surface area contributed by atoms with E-state index < -0.39 is 14.0 Å². The lowest BCUT2D eigenvalue weighted by Crippen LogP contribution is -2.55. The van der Waals surface area contributed by atoms with Crippen LogP contribution in [0.5, 0.6) is 5.75 Å². The zero-order chi connectivity index (χ0) is 56.7. The van der Waals surface area contributed by atoms with Gasteiger partial charge in [-0.2, -0.15) is 23.5 Å². The first-order valence-electron chi connectivity index (χ1n) is 28.9. The van der Waals surface area contributed by atoms with Crippen molar-refractivity contribution in [2.24, 2.45) is 0 Å². The summed E-state index contributed by atoms with van der Waals surface area (Å²) in [4.78, 5) is 10.9. The number of hydrogen-bond acceptors (Lipinski definition) is 12. The summed E-state index contributed by atoms with van der Waals surface area (Å²) in [7, 11) is 4.63. The first-order chi connectivity index (χ1) is 39.8. The predicted molar refractivity (Wildman–Crippen MR) is 335 cm³/mol. The number of carboxylic acid groups (broad SMARTS) is 1. The Kier molecular flexibility index (Phi) is 24.8. The minimum absolute atomic E-state index is 0.0295. The molecule has 81 heavy (non-hydrogen) atoms. The van der Waals surface area contributed by atoms with Crippen LogP contribution in [0.2, 0.25) is 12.1 Å². The molecule has 1 aliphatic carbocycles. The Bertz CT molecular complexity index is 2860. The van der Waals surface area contributed by atoms with Gasteiger partial charge in [0.2, 0.25) is 0 Å². The minimum atomic E-state index is -2.38. The zero-order valence-corrected chi connectivity index (χ0v) is 50.7. The van der Waals surface area contributed by atoms with Crippen molar-refractivity contribution in [3.05, 3.63) is 138 Å². The molecule has 0 fully saturated rings. The minimum Gasteiger partial charge on any atom is -0.491 e. The molecular formula is C67H84O11S2Si. The molecule has 8 rings (SSSR count). The van der Waals surface area contributed by atoms with Crippen LogP contribution in [0.3, 0.4) is 0 Å². The Morgan fingerprint density at radius 2 is 0.889 bits per heavy atom. The van der Waals surface area contributed by atoms with Crippen molar-refractivity contribution in [3.8, 4) is 61.4 Å². The molecule has 2 aliphatic rings. The second-order valence-corrected chi connectivity index (χ2v) is 27.7. The average molecular weight is 1160 g/mol. The number of carbonyl (C=O) groups is 1. The fraction of sp³-hybridized carbons (Fsp3) is 0.448. The molecule has 434 valence electrons. The van der Waals surface area contributed by atoms with Gasteiger partial charge < -0.3 is 48.1 Å². The summed E-state index contributed by atoms with van der Waals surface area (Å²) in [6, 6.07) is 48.0. The number of methoxy groups -OCH3 is 4. The van der Waals surface area contributed by atoms with E-state index in [0.717, 1.165) is 97.2 Å². The maximum Gasteiger partial charge on any atom is 0.305 e. The van der Waals surface area contributed by atoms with Gasteiger partial charge in [0.05, 0.1) is 65.9 Å². The molecule has 0 unspecified atom stereocenters. The zero-order valence-electron chi connectivity index (χ0n) is 48.1. The molecule has 1 aliphatic heterocycles. The normalized spacial score (nSPS) is 13.5. The van der Waals surface area contributed by atoms with E-state index in [9.17, 15) is 9.90 Å². The smallest absolute Gasteiger partial charge is 0.305 e. The van der Waals surface area contributed by atoms with Crippen molar-refractivity contribution in [1.82, 2.24) is 0 Å². The molecule has 6 aromatic rings. The number of hydrogen-bond donors (Lipinski definition) is 2. The Balaban J connectivity index is 1.19. The van der Waals surface area contributed by atoms with Crippen LogP contribution in [0.15, 0.2) is 121 Å². The van der Waals surface area contributed by atoms with Gasteiger partial charge in [0, 0.05) is 58.6 Å². The molecule has 0 radical (unpaired) electrons. The van der Waals surface area contributed by atoms with E-state index in [1.807, 2.05) is 47.8 Å². The van der Waals surface area contributed by atoms with Crippen molar-refractivity contribution < 1.29 is 52.9 Å². The number of aliphatic carboxylic acids is 1. The molecule has 11 nitrogen and oxygen atoms in total. The van der Waals surface area contributed by atoms with Crippen molar-refractivity contribution in [3.63, 3.8) is 0 Å². The molecule has 0 saturated carbocycles. The summed E-state index contributed by atoms with van der Waals surface area (Å²) in [5.41, 5.74) is 15.8. The monoisotopic (exact) mass is 1160 g/mol. The van der Waals surface area contributed by atoms with E-state index >= 15 is 0 Å². The van der Waals surface area contributed by atoms with Gasteiger partial charge in [-0.05, 0) is 169 Å². The molecule has 14 heteroatoms. The summed E-state index contributed by atoms with van der Waals surface area (Å²) in [5.74, 6) is 4.06. The van der Waals surface area contributed by atoms with Crippen LogP contribution in [0.4, 0.5) is 0 Å². The highest BCUT2D eigenvalue weighted by molar-refractivity contribution is 7.99. The number of aliphatic hydroxyl groups is 1. The second kappa shape index (κ2) is 32.3. The molecule has 0 amide bonds. The highest BCUT2D eigenvalue weighted by Crippen LogP contribution is 2.55. The molecule has 0 bridgehead atoms. The van der Waals surface area contributed by atoms with E-state index in [1.165, 1.54) is 67.7 Å². The number of aliphatic hydroxyl groups excluding tert-OH is 1. The van der Waals surface area contributed by atoms with Crippen molar-refractivity contribution >= 4 is 47.9 Å². The van der Waals surface area contributed by atoms with Gasteiger partial charge >= 0.3 is 5.97 Å². The van der Waals surface area contributed by atoms with Gasteiger partial charge in [-0.25, -0.2) is 0 Å². The third kappa shape index (κ3) is 16.1. The van der Waals surface area contributed by atoms with Crippen LogP contribution in [0, 0.1) is 0 Å². The second-order valence-electron chi connectivity index (χ2n) is 21.0. The maximum absolute atomic E-state index is 10.9. The highest BCUT2D eigenvalue weighted by atomic mass is 32.2. The number of carboxylic acids is 1. The molecule has 0 aromatic heterocycles. The summed E-state index contributed by atoms with van der Waals surface area (Å²) >= 11 is 4.01. The first-order valence-corrected chi connectivity index (χ1v) is 33.6. The summed E-state index contributed by atoms with van der Waals surface area (Å²) < 4.78 is 45.4. The Morgan fingerprint density at radius 1 is 0.457 bits per heavy atom. The van der Waals surface area contributed by atoms with E-state index in [4.69, 9.17) is 43.0 Å². The van der Waals surface area contributed by atoms with E-state index in [1.54, 1.807) is 38.8 Å². The van der Waals surface area contributed by atoms with E-state index in [0.29, 0.717) is 52.9 Å². The van der Waals surface area contributed by atoms with Gasteiger partial charge in [0.25, 0.3) is 0 Å². The molecule has 0 saturated heterocycles. The van der Waals surface area contributed by atoms with Crippen LogP contribution in [-0.2, 0) is 50.0 Å². The van der Waals surface area contributed by atoms with Crippen molar-refractivity contribution in [2.45, 2.75) is 69.1 Å². The lowest BCUT2D eigenvalue weighted by atomic mass is 9.70. The molecular weight excluding hydrogens is 1070 g/mol. The number of fused-ring (bicyclic) bond motifs is 6. The van der Waals surface area contributed by atoms with E-state index in [-0.39, 0.29) is 25.0 Å². The van der Waals surface area contributed by atoms with Crippen LogP contribution in [0.1, 0.15) is 61.6 Å². The molecule has 1 heterocycles. The summed E-state index contributed by atoms with van der Waals surface area (Å²) in [6.07, 6.45) is 5.81. The maximum atomic E-state index is 10.9. The Labute approximate surface area is 490 Å². The van der Waals surface area contributed by atoms with Gasteiger partial charge in [-0.3, -0.25) is 4.79 Å². The lowest BCUT2D eigenvalue weighted by Gasteiger charge is -2.33. The molecule has 0 atom stereocenters. The lowest BCUT2D eigenvalue weighted by molar-refractivity contribution is -0.138.